The lowest BCUT2D eigenvalue weighted by atomic mass is 10.3. The number of rotatable bonds is 5. The van der Waals surface area contributed by atoms with Gasteiger partial charge in [-0.3, -0.25) is 4.79 Å². The van der Waals surface area contributed by atoms with E-state index in [4.69, 9.17) is 10.9 Å². The van der Waals surface area contributed by atoms with E-state index < -0.39 is 0 Å². The number of carbonyl (C=O) groups excluding carboxylic acids is 1. The van der Waals surface area contributed by atoms with Crippen LogP contribution < -0.4 is 11.1 Å². The van der Waals surface area contributed by atoms with Crippen molar-refractivity contribution in [1.29, 1.82) is 0 Å². The van der Waals surface area contributed by atoms with E-state index in [2.05, 4.69) is 15.5 Å². The van der Waals surface area contributed by atoms with Crippen molar-refractivity contribution in [3.8, 4) is 0 Å². The number of oxime groups is 1. The molecule has 17 heavy (non-hydrogen) atoms. The average molecular weight is 256 g/mol. The van der Waals surface area contributed by atoms with Crippen molar-refractivity contribution < 1.29 is 10.0 Å². The normalized spacial score (nSPS) is 11.5. The Labute approximate surface area is 104 Å². The Morgan fingerprint density at radius 3 is 2.82 bits per heavy atom. The van der Waals surface area contributed by atoms with Gasteiger partial charge in [-0.15, -0.1) is 11.3 Å². The van der Waals surface area contributed by atoms with Gasteiger partial charge < -0.3 is 16.3 Å². The highest BCUT2D eigenvalue weighted by atomic mass is 32.1. The van der Waals surface area contributed by atoms with Crippen molar-refractivity contribution in [2.45, 2.75) is 26.7 Å². The van der Waals surface area contributed by atoms with Crippen molar-refractivity contribution in [3.05, 3.63) is 15.6 Å². The largest absolute Gasteiger partial charge is 0.409 e. The summed E-state index contributed by atoms with van der Waals surface area (Å²) in [6.07, 6.45) is 1.09. The fourth-order valence-electron chi connectivity index (χ4n) is 1.34. The summed E-state index contributed by atoms with van der Waals surface area (Å²) in [4.78, 5) is 16.6. The number of amides is 1. The summed E-state index contributed by atoms with van der Waals surface area (Å²) in [5.74, 6) is 0.0525. The van der Waals surface area contributed by atoms with Crippen LogP contribution in [-0.2, 0) is 0 Å². The van der Waals surface area contributed by atoms with E-state index in [9.17, 15) is 4.79 Å². The predicted molar refractivity (Wildman–Crippen MR) is 66.6 cm³/mol. The average Bonchev–Trinajstić information content (AvgIpc) is 2.63. The molecule has 1 aromatic heterocycles. The van der Waals surface area contributed by atoms with Gasteiger partial charge in [0.25, 0.3) is 5.91 Å². The zero-order chi connectivity index (χ0) is 12.8. The lowest BCUT2D eigenvalue weighted by Gasteiger charge is -2.03. The van der Waals surface area contributed by atoms with Crippen LogP contribution in [0.4, 0.5) is 0 Å². The summed E-state index contributed by atoms with van der Waals surface area (Å²) in [5.41, 5.74) is 6.06. The van der Waals surface area contributed by atoms with E-state index >= 15 is 0 Å². The van der Waals surface area contributed by atoms with Gasteiger partial charge in [0.2, 0.25) is 0 Å². The number of carbonyl (C=O) groups is 1. The van der Waals surface area contributed by atoms with Crippen LogP contribution in [-0.4, -0.2) is 28.5 Å². The third-order valence-corrected chi connectivity index (χ3v) is 3.21. The maximum absolute atomic E-state index is 11.7. The molecule has 0 aromatic carbocycles. The van der Waals surface area contributed by atoms with Crippen LogP contribution in [0.5, 0.6) is 0 Å². The maximum Gasteiger partial charge on any atom is 0.263 e. The summed E-state index contributed by atoms with van der Waals surface area (Å²) in [5, 5.41) is 14.8. The summed E-state index contributed by atoms with van der Waals surface area (Å²) in [6.45, 7) is 4.17. The SMILES string of the molecule is Cc1nc(C)c(C(=O)NCCCC(N)=NO)s1. The van der Waals surface area contributed by atoms with E-state index in [0.29, 0.717) is 24.3 Å². The highest BCUT2D eigenvalue weighted by molar-refractivity contribution is 7.13. The van der Waals surface area contributed by atoms with Crippen molar-refractivity contribution in [3.63, 3.8) is 0 Å². The topological polar surface area (TPSA) is 101 Å². The Kier molecular flexibility index (Phi) is 4.89. The molecule has 4 N–H and O–H groups in total. The second-order valence-corrected chi connectivity index (χ2v) is 4.80. The van der Waals surface area contributed by atoms with Gasteiger partial charge in [0.05, 0.1) is 10.7 Å². The van der Waals surface area contributed by atoms with Gasteiger partial charge in [0.1, 0.15) is 10.7 Å². The Morgan fingerprint density at radius 2 is 2.29 bits per heavy atom. The second-order valence-electron chi connectivity index (χ2n) is 3.60. The van der Waals surface area contributed by atoms with Gasteiger partial charge in [-0.25, -0.2) is 4.98 Å². The van der Waals surface area contributed by atoms with Crippen LogP contribution in [0.2, 0.25) is 0 Å². The summed E-state index contributed by atoms with van der Waals surface area (Å²) in [6, 6.07) is 0. The van der Waals surface area contributed by atoms with Crippen LogP contribution in [0.1, 0.15) is 33.2 Å². The number of aromatic nitrogens is 1. The molecule has 1 amide bonds. The highest BCUT2D eigenvalue weighted by Gasteiger charge is 2.12. The van der Waals surface area contributed by atoms with Gasteiger partial charge in [-0.2, -0.15) is 0 Å². The number of amidine groups is 1. The minimum atomic E-state index is -0.118. The molecule has 0 atom stereocenters. The minimum absolute atomic E-state index is 0.118. The lowest BCUT2D eigenvalue weighted by molar-refractivity contribution is 0.0956. The second kappa shape index (κ2) is 6.19. The minimum Gasteiger partial charge on any atom is -0.409 e. The van der Waals surface area contributed by atoms with E-state index in [1.54, 1.807) is 0 Å². The molecule has 6 nitrogen and oxygen atoms in total. The lowest BCUT2D eigenvalue weighted by Crippen LogP contribution is -2.25. The molecule has 1 heterocycles. The van der Waals surface area contributed by atoms with Crippen LogP contribution >= 0.6 is 11.3 Å². The van der Waals surface area contributed by atoms with Crippen molar-refractivity contribution in [1.82, 2.24) is 10.3 Å². The molecule has 0 aliphatic carbocycles. The number of hydrogen-bond donors (Lipinski definition) is 3. The zero-order valence-electron chi connectivity index (χ0n) is 9.86. The van der Waals surface area contributed by atoms with Gasteiger partial charge >= 0.3 is 0 Å². The molecule has 0 bridgehead atoms. The molecule has 0 saturated heterocycles. The van der Waals surface area contributed by atoms with Crippen LogP contribution in [0.25, 0.3) is 0 Å². The number of thiazole rings is 1. The Balaban J connectivity index is 2.38. The first-order valence-electron chi connectivity index (χ1n) is 5.23. The van der Waals surface area contributed by atoms with Gasteiger partial charge in [0.15, 0.2) is 0 Å². The molecular weight excluding hydrogens is 240 g/mol. The van der Waals surface area contributed by atoms with Gasteiger partial charge in [-0.05, 0) is 20.3 Å². The van der Waals surface area contributed by atoms with E-state index in [0.717, 1.165) is 10.7 Å². The summed E-state index contributed by atoms with van der Waals surface area (Å²) >= 11 is 1.38. The third-order valence-electron chi connectivity index (χ3n) is 2.13. The maximum atomic E-state index is 11.7. The Hall–Kier alpha value is -1.63. The van der Waals surface area contributed by atoms with Crippen LogP contribution in [0.3, 0.4) is 0 Å². The van der Waals surface area contributed by atoms with E-state index in [1.165, 1.54) is 11.3 Å². The first-order valence-corrected chi connectivity index (χ1v) is 6.05. The molecule has 7 heteroatoms. The summed E-state index contributed by atoms with van der Waals surface area (Å²) < 4.78 is 0. The Bertz CT molecular complexity index is 428. The van der Waals surface area contributed by atoms with Gasteiger partial charge in [-0.1, -0.05) is 5.16 Å². The molecule has 0 unspecified atom stereocenters. The fraction of sp³-hybridized carbons (Fsp3) is 0.500. The molecule has 0 radical (unpaired) electrons. The highest BCUT2D eigenvalue weighted by Crippen LogP contribution is 2.16. The number of nitrogens with two attached hydrogens (primary N) is 1. The zero-order valence-corrected chi connectivity index (χ0v) is 10.7. The van der Waals surface area contributed by atoms with Crippen LogP contribution in [0, 0.1) is 13.8 Å². The first-order chi connectivity index (χ1) is 8.04. The third kappa shape index (κ3) is 4.03. The fourth-order valence-corrected chi connectivity index (χ4v) is 2.18. The summed E-state index contributed by atoms with van der Waals surface area (Å²) in [7, 11) is 0. The predicted octanol–water partition coefficient (Wildman–Crippen LogP) is 1.02. The van der Waals surface area contributed by atoms with E-state index in [-0.39, 0.29) is 11.7 Å². The molecule has 1 rings (SSSR count). The molecule has 0 saturated carbocycles. The number of aryl methyl sites for hydroxylation is 2. The first kappa shape index (κ1) is 13.4. The molecule has 0 aliphatic heterocycles. The monoisotopic (exact) mass is 256 g/mol. The van der Waals surface area contributed by atoms with Gasteiger partial charge in [0, 0.05) is 13.0 Å². The van der Waals surface area contributed by atoms with Crippen molar-refractivity contribution in [2.75, 3.05) is 6.54 Å². The molecular formula is C10H16N4O2S. The number of nitrogens with one attached hydrogen (secondary N) is 1. The smallest absolute Gasteiger partial charge is 0.263 e. The number of hydrogen-bond acceptors (Lipinski definition) is 5. The molecule has 1 aromatic rings. The molecule has 0 spiro atoms. The van der Waals surface area contributed by atoms with Crippen LogP contribution in [0.15, 0.2) is 5.16 Å². The van der Waals surface area contributed by atoms with Crippen molar-refractivity contribution in [2.24, 2.45) is 10.9 Å². The molecule has 0 aliphatic rings. The van der Waals surface area contributed by atoms with E-state index in [1.807, 2.05) is 13.8 Å². The molecule has 94 valence electrons. The quantitative estimate of drug-likeness (QED) is 0.241. The Morgan fingerprint density at radius 1 is 1.59 bits per heavy atom. The standard InChI is InChI=1S/C10H16N4O2S/c1-6-9(17-7(2)13-6)10(15)12-5-3-4-8(11)14-16/h16H,3-5H2,1-2H3,(H2,11,14)(H,12,15). The number of nitrogens with zero attached hydrogens (tertiary/aromatic N) is 2. The molecule has 0 fully saturated rings. The van der Waals surface area contributed by atoms with Crippen molar-refractivity contribution >= 4 is 23.1 Å².